The van der Waals surface area contributed by atoms with Gasteiger partial charge in [-0.25, -0.2) is 9.78 Å². The van der Waals surface area contributed by atoms with Gasteiger partial charge in [0, 0.05) is 6.07 Å². The molecular weight excluding hydrogens is 254 g/mol. The maximum absolute atomic E-state index is 10.8. The molecule has 0 unspecified atom stereocenters. The van der Waals surface area contributed by atoms with E-state index in [1.807, 2.05) is 0 Å². The highest BCUT2D eigenvalue weighted by Gasteiger charge is 2.14. The van der Waals surface area contributed by atoms with E-state index < -0.39 is 5.97 Å². The summed E-state index contributed by atoms with van der Waals surface area (Å²) in [7, 11) is 3.12. The van der Waals surface area contributed by atoms with E-state index in [0.29, 0.717) is 16.5 Å². The van der Waals surface area contributed by atoms with Gasteiger partial charge in [0.25, 0.3) is 0 Å². The van der Waals surface area contributed by atoms with Crippen molar-refractivity contribution >= 4 is 17.3 Å². The molecule has 2 aromatic rings. The topological polar surface area (TPSA) is 68.7 Å². The molecule has 0 bridgehead atoms. The second-order valence-electron chi connectivity index (χ2n) is 3.40. The van der Waals surface area contributed by atoms with Crippen LogP contribution in [-0.4, -0.2) is 30.3 Å². The van der Waals surface area contributed by atoms with E-state index in [-0.39, 0.29) is 4.88 Å². The molecule has 0 radical (unpaired) electrons. The lowest BCUT2D eigenvalue weighted by Gasteiger charge is -2.07. The summed E-state index contributed by atoms with van der Waals surface area (Å²) in [5.74, 6) is 0.289. The highest BCUT2D eigenvalue weighted by atomic mass is 32.1. The molecule has 0 spiro atoms. The van der Waals surface area contributed by atoms with E-state index in [0.717, 1.165) is 16.9 Å². The van der Waals surface area contributed by atoms with Crippen molar-refractivity contribution in [2.24, 2.45) is 0 Å². The molecule has 0 aliphatic rings. The number of carboxylic acids is 1. The van der Waals surface area contributed by atoms with Crippen molar-refractivity contribution in [2.45, 2.75) is 0 Å². The van der Waals surface area contributed by atoms with Crippen LogP contribution in [0.2, 0.25) is 0 Å². The first kappa shape index (κ1) is 12.4. The van der Waals surface area contributed by atoms with Crippen molar-refractivity contribution < 1.29 is 19.4 Å². The van der Waals surface area contributed by atoms with Gasteiger partial charge in [0.15, 0.2) is 0 Å². The normalized spacial score (nSPS) is 10.1. The lowest BCUT2D eigenvalue weighted by atomic mass is 10.2. The second-order valence-corrected chi connectivity index (χ2v) is 4.43. The second kappa shape index (κ2) is 5.05. The molecule has 0 saturated heterocycles. The van der Waals surface area contributed by atoms with E-state index >= 15 is 0 Å². The first-order valence-corrected chi connectivity index (χ1v) is 5.89. The van der Waals surface area contributed by atoms with Crippen molar-refractivity contribution in [1.82, 2.24) is 4.98 Å². The number of ether oxygens (including phenoxy) is 2. The van der Waals surface area contributed by atoms with Crippen LogP contribution in [-0.2, 0) is 0 Å². The van der Waals surface area contributed by atoms with Crippen molar-refractivity contribution in [3.63, 3.8) is 0 Å². The largest absolute Gasteiger partial charge is 0.497 e. The minimum Gasteiger partial charge on any atom is -0.497 e. The van der Waals surface area contributed by atoms with Gasteiger partial charge < -0.3 is 14.6 Å². The van der Waals surface area contributed by atoms with Gasteiger partial charge in [-0.2, -0.15) is 0 Å². The third-order valence-electron chi connectivity index (χ3n) is 2.36. The summed E-state index contributed by atoms with van der Waals surface area (Å²) in [4.78, 5) is 15.1. The standard InChI is InChI=1S/C12H11NO4S/c1-16-7-3-4-8(9(5-7)17-2)11-13-6-10(18-11)12(14)15/h3-6H,1-2H3,(H,14,15). The van der Waals surface area contributed by atoms with E-state index in [4.69, 9.17) is 14.6 Å². The number of aromatic nitrogens is 1. The molecule has 1 N–H and O–H groups in total. The Hall–Kier alpha value is -2.08. The van der Waals surface area contributed by atoms with Crippen molar-refractivity contribution in [2.75, 3.05) is 14.2 Å². The van der Waals surface area contributed by atoms with Gasteiger partial charge in [-0.15, -0.1) is 11.3 Å². The molecule has 6 heteroatoms. The van der Waals surface area contributed by atoms with Crippen molar-refractivity contribution in [3.05, 3.63) is 29.3 Å². The van der Waals surface area contributed by atoms with Crippen LogP contribution in [0.3, 0.4) is 0 Å². The number of methoxy groups -OCH3 is 2. The van der Waals surface area contributed by atoms with Crippen LogP contribution >= 0.6 is 11.3 Å². The van der Waals surface area contributed by atoms with Crippen LogP contribution in [0.4, 0.5) is 0 Å². The van der Waals surface area contributed by atoms with Crippen LogP contribution in [0.1, 0.15) is 9.67 Å². The number of hydrogen-bond donors (Lipinski definition) is 1. The van der Waals surface area contributed by atoms with Crippen LogP contribution in [0.5, 0.6) is 11.5 Å². The molecular formula is C12H11NO4S. The quantitative estimate of drug-likeness (QED) is 0.920. The predicted octanol–water partition coefficient (Wildman–Crippen LogP) is 2.53. The molecule has 5 nitrogen and oxygen atoms in total. The summed E-state index contributed by atoms with van der Waals surface area (Å²) in [6.07, 6.45) is 1.34. The molecule has 0 aliphatic carbocycles. The molecule has 1 heterocycles. The number of nitrogens with zero attached hydrogens (tertiary/aromatic N) is 1. The Balaban J connectivity index is 2.45. The van der Waals surface area contributed by atoms with Gasteiger partial charge in [0.2, 0.25) is 0 Å². The van der Waals surface area contributed by atoms with Crippen molar-refractivity contribution in [3.8, 4) is 22.1 Å². The van der Waals surface area contributed by atoms with E-state index in [1.165, 1.54) is 6.20 Å². The minimum absolute atomic E-state index is 0.197. The molecule has 0 atom stereocenters. The highest BCUT2D eigenvalue weighted by Crippen LogP contribution is 2.35. The molecule has 1 aromatic heterocycles. The summed E-state index contributed by atoms with van der Waals surface area (Å²) in [5.41, 5.74) is 0.746. The van der Waals surface area contributed by atoms with Gasteiger partial charge in [0.05, 0.1) is 26.0 Å². The van der Waals surface area contributed by atoms with Crippen LogP contribution in [0.25, 0.3) is 10.6 Å². The Labute approximate surface area is 108 Å². The van der Waals surface area contributed by atoms with E-state index in [9.17, 15) is 4.79 Å². The Bertz CT molecular complexity index is 579. The maximum Gasteiger partial charge on any atom is 0.347 e. The predicted molar refractivity (Wildman–Crippen MR) is 67.6 cm³/mol. The minimum atomic E-state index is -0.980. The Morgan fingerprint density at radius 3 is 2.67 bits per heavy atom. The average molecular weight is 265 g/mol. The first-order chi connectivity index (χ1) is 8.65. The zero-order valence-electron chi connectivity index (χ0n) is 9.84. The molecule has 0 amide bonds. The fourth-order valence-corrected chi connectivity index (χ4v) is 2.26. The number of carboxylic acid groups (broad SMARTS) is 1. The fraction of sp³-hybridized carbons (Fsp3) is 0.167. The van der Waals surface area contributed by atoms with Gasteiger partial charge in [-0.1, -0.05) is 0 Å². The highest BCUT2D eigenvalue weighted by molar-refractivity contribution is 7.16. The monoisotopic (exact) mass is 265 g/mol. The molecule has 2 rings (SSSR count). The van der Waals surface area contributed by atoms with Crippen LogP contribution in [0.15, 0.2) is 24.4 Å². The zero-order chi connectivity index (χ0) is 13.1. The Morgan fingerprint density at radius 2 is 2.11 bits per heavy atom. The molecule has 0 fully saturated rings. The van der Waals surface area contributed by atoms with Gasteiger partial charge in [-0.05, 0) is 12.1 Å². The molecule has 0 saturated carbocycles. The third-order valence-corrected chi connectivity index (χ3v) is 3.37. The number of rotatable bonds is 4. The van der Waals surface area contributed by atoms with E-state index in [1.54, 1.807) is 32.4 Å². The summed E-state index contributed by atoms with van der Waals surface area (Å²) in [5, 5.41) is 9.48. The number of aromatic carboxylic acids is 1. The first-order valence-electron chi connectivity index (χ1n) is 5.07. The van der Waals surface area contributed by atoms with Crippen molar-refractivity contribution in [1.29, 1.82) is 0 Å². The summed E-state index contributed by atoms with van der Waals surface area (Å²) in [6.45, 7) is 0. The summed E-state index contributed by atoms with van der Waals surface area (Å²) < 4.78 is 10.4. The molecule has 1 aromatic carbocycles. The number of benzene rings is 1. The van der Waals surface area contributed by atoms with Crippen LogP contribution in [0, 0.1) is 0 Å². The van der Waals surface area contributed by atoms with Crippen LogP contribution < -0.4 is 9.47 Å². The molecule has 0 aliphatic heterocycles. The fourth-order valence-electron chi connectivity index (χ4n) is 1.47. The zero-order valence-corrected chi connectivity index (χ0v) is 10.7. The SMILES string of the molecule is COc1ccc(-c2ncc(C(=O)O)s2)c(OC)c1. The lowest BCUT2D eigenvalue weighted by Crippen LogP contribution is -1.90. The third kappa shape index (κ3) is 2.28. The number of thiazole rings is 1. The van der Waals surface area contributed by atoms with E-state index in [2.05, 4.69) is 4.98 Å². The molecule has 94 valence electrons. The Kier molecular flexibility index (Phi) is 3.47. The summed E-state index contributed by atoms with van der Waals surface area (Å²) in [6, 6.07) is 5.30. The maximum atomic E-state index is 10.8. The number of hydrogen-bond acceptors (Lipinski definition) is 5. The van der Waals surface area contributed by atoms with Gasteiger partial charge in [-0.3, -0.25) is 0 Å². The number of carbonyl (C=O) groups is 1. The van der Waals surface area contributed by atoms with Gasteiger partial charge >= 0.3 is 5.97 Å². The Morgan fingerprint density at radius 1 is 1.33 bits per heavy atom. The molecule has 18 heavy (non-hydrogen) atoms. The lowest BCUT2D eigenvalue weighted by molar-refractivity contribution is 0.0702. The van der Waals surface area contributed by atoms with Gasteiger partial charge in [0.1, 0.15) is 21.4 Å². The average Bonchev–Trinajstić information content (AvgIpc) is 2.87. The smallest absolute Gasteiger partial charge is 0.347 e. The summed E-state index contributed by atoms with van der Waals surface area (Å²) >= 11 is 1.11.